The van der Waals surface area contributed by atoms with Crippen LogP contribution < -0.4 is 4.72 Å². The van der Waals surface area contributed by atoms with E-state index in [4.69, 9.17) is 5.11 Å². The molecule has 0 amide bonds. The number of nitrogens with one attached hydrogen (secondary N) is 1. The number of para-hydroxylation sites is 1. The van der Waals surface area contributed by atoms with E-state index in [2.05, 4.69) is 4.72 Å². The molecule has 0 aromatic heterocycles. The van der Waals surface area contributed by atoms with Crippen LogP contribution in [0.2, 0.25) is 0 Å². The van der Waals surface area contributed by atoms with Gasteiger partial charge >= 0.3 is 0 Å². The highest BCUT2D eigenvalue weighted by atomic mass is 32.2. The maximum atomic E-state index is 12.2. The van der Waals surface area contributed by atoms with Crippen molar-refractivity contribution in [2.45, 2.75) is 30.7 Å². The van der Waals surface area contributed by atoms with E-state index in [-0.39, 0.29) is 17.9 Å². The van der Waals surface area contributed by atoms with E-state index >= 15 is 0 Å². The van der Waals surface area contributed by atoms with Crippen molar-refractivity contribution in [1.29, 1.82) is 0 Å². The molecule has 1 aromatic rings. The number of aliphatic hydroxyl groups is 1. The number of hydrogen-bond acceptors (Lipinski definition) is 5. The molecule has 1 aromatic carbocycles. The lowest BCUT2D eigenvalue weighted by Gasteiger charge is -2.24. The minimum Gasteiger partial charge on any atom is -0.396 e. The molecule has 1 rings (SSSR count). The average Bonchev–Trinajstić information content (AvgIpc) is 2.27. The van der Waals surface area contributed by atoms with Crippen LogP contribution in [0.1, 0.15) is 20.3 Å². The summed E-state index contributed by atoms with van der Waals surface area (Å²) < 4.78 is 26.7. The van der Waals surface area contributed by atoms with Gasteiger partial charge in [-0.2, -0.15) is 0 Å². The van der Waals surface area contributed by atoms with E-state index in [1.165, 1.54) is 18.2 Å². The van der Waals surface area contributed by atoms with Gasteiger partial charge in [-0.25, -0.2) is 13.1 Å². The summed E-state index contributed by atoms with van der Waals surface area (Å²) in [5, 5.41) is 19.7. The van der Waals surface area contributed by atoms with Crippen molar-refractivity contribution in [3.8, 4) is 0 Å². The quantitative estimate of drug-likeness (QED) is 0.600. The average molecular weight is 288 g/mol. The Labute approximate surface area is 111 Å². The first-order chi connectivity index (χ1) is 8.69. The molecule has 0 heterocycles. The van der Waals surface area contributed by atoms with Gasteiger partial charge in [0.05, 0.1) is 4.92 Å². The van der Waals surface area contributed by atoms with Gasteiger partial charge in [-0.05, 0) is 26.3 Å². The topological polar surface area (TPSA) is 110 Å². The van der Waals surface area contributed by atoms with E-state index in [9.17, 15) is 18.5 Å². The van der Waals surface area contributed by atoms with Crippen molar-refractivity contribution in [1.82, 2.24) is 4.72 Å². The molecule has 19 heavy (non-hydrogen) atoms. The molecule has 8 heteroatoms. The van der Waals surface area contributed by atoms with Gasteiger partial charge < -0.3 is 5.11 Å². The largest absolute Gasteiger partial charge is 0.396 e. The van der Waals surface area contributed by atoms with Crippen LogP contribution in [0.3, 0.4) is 0 Å². The molecule has 0 aliphatic carbocycles. The summed E-state index contributed by atoms with van der Waals surface area (Å²) in [5.74, 6) is 0. The normalized spacial score (nSPS) is 12.4. The number of rotatable bonds is 6. The summed E-state index contributed by atoms with van der Waals surface area (Å²) >= 11 is 0. The molecule has 7 nitrogen and oxygen atoms in total. The van der Waals surface area contributed by atoms with Gasteiger partial charge in [0.15, 0.2) is 4.90 Å². The monoisotopic (exact) mass is 288 g/mol. The van der Waals surface area contributed by atoms with Crippen molar-refractivity contribution >= 4 is 15.7 Å². The Balaban J connectivity index is 3.18. The third kappa shape index (κ3) is 3.98. The summed E-state index contributed by atoms with van der Waals surface area (Å²) in [6.45, 7) is 3.00. The second-order valence-electron chi connectivity index (χ2n) is 4.69. The third-order valence-electron chi connectivity index (χ3n) is 2.50. The molecule has 0 unspecified atom stereocenters. The SMILES string of the molecule is CC(C)(CCO)NS(=O)(=O)c1ccccc1[N+](=O)[O-]. The maximum Gasteiger partial charge on any atom is 0.289 e. The Morgan fingerprint density at radius 2 is 1.95 bits per heavy atom. The molecule has 0 fully saturated rings. The third-order valence-corrected chi connectivity index (χ3v) is 4.24. The van der Waals surface area contributed by atoms with E-state index < -0.39 is 26.2 Å². The fourth-order valence-electron chi connectivity index (χ4n) is 1.58. The van der Waals surface area contributed by atoms with Crippen LogP contribution in [-0.4, -0.2) is 30.6 Å². The number of aliphatic hydroxyl groups excluding tert-OH is 1. The van der Waals surface area contributed by atoms with Crippen LogP contribution in [0, 0.1) is 10.1 Å². The van der Waals surface area contributed by atoms with Crippen LogP contribution in [0.5, 0.6) is 0 Å². The van der Waals surface area contributed by atoms with Crippen molar-refractivity contribution in [2.75, 3.05) is 6.61 Å². The van der Waals surface area contributed by atoms with Crippen LogP contribution in [-0.2, 0) is 10.0 Å². The van der Waals surface area contributed by atoms with Gasteiger partial charge in [-0.1, -0.05) is 12.1 Å². The molecule has 0 radical (unpaired) electrons. The Kier molecular flexibility index (Phi) is 4.61. The molecule has 106 valence electrons. The number of nitrogens with zero attached hydrogens (tertiary/aromatic N) is 1. The van der Waals surface area contributed by atoms with E-state index in [1.54, 1.807) is 13.8 Å². The smallest absolute Gasteiger partial charge is 0.289 e. The van der Waals surface area contributed by atoms with Crippen LogP contribution in [0.15, 0.2) is 29.2 Å². The lowest BCUT2D eigenvalue weighted by molar-refractivity contribution is -0.387. The van der Waals surface area contributed by atoms with Gasteiger partial charge in [-0.15, -0.1) is 0 Å². The Bertz CT molecular complexity index is 568. The second kappa shape index (κ2) is 5.64. The summed E-state index contributed by atoms with van der Waals surface area (Å²) in [4.78, 5) is 9.71. The first kappa shape index (κ1) is 15.5. The van der Waals surface area contributed by atoms with Crippen LogP contribution >= 0.6 is 0 Å². The molecule has 0 saturated carbocycles. The summed E-state index contributed by atoms with van der Waals surface area (Å²) in [7, 11) is -4.02. The highest BCUT2D eigenvalue weighted by molar-refractivity contribution is 7.89. The minimum absolute atomic E-state index is 0.188. The summed E-state index contributed by atoms with van der Waals surface area (Å²) in [6, 6.07) is 5.12. The van der Waals surface area contributed by atoms with E-state index in [1.807, 2.05) is 0 Å². The van der Waals surface area contributed by atoms with Crippen molar-refractivity contribution in [3.63, 3.8) is 0 Å². The molecule has 0 saturated heterocycles. The Hall–Kier alpha value is -1.51. The first-order valence-electron chi connectivity index (χ1n) is 5.58. The van der Waals surface area contributed by atoms with Gasteiger partial charge in [0.25, 0.3) is 5.69 Å². The molecule has 0 bridgehead atoms. The fraction of sp³-hybridized carbons (Fsp3) is 0.455. The predicted octanol–water partition coefficient (Wildman–Crippen LogP) is 1.03. The van der Waals surface area contributed by atoms with Gasteiger partial charge in [0.1, 0.15) is 0 Å². The number of nitro groups is 1. The second-order valence-corrected chi connectivity index (χ2v) is 6.34. The van der Waals surface area contributed by atoms with Gasteiger partial charge in [0.2, 0.25) is 10.0 Å². The standard InChI is InChI=1S/C11H16N2O5S/c1-11(2,7-8-14)12-19(17,18)10-6-4-3-5-9(10)13(15)16/h3-6,12,14H,7-8H2,1-2H3. The highest BCUT2D eigenvalue weighted by Gasteiger charge is 2.30. The highest BCUT2D eigenvalue weighted by Crippen LogP contribution is 2.24. The Morgan fingerprint density at radius 3 is 2.47 bits per heavy atom. The first-order valence-corrected chi connectivity index (χ1v) is 7.06. The van der Waals surface area contributed by atoms with Gasteiger partial charge in [0, 0.05) is 18.2 Å². The van der Waals surface area contributed by atoms with Crippen LogP contribution in [0.25, 0.3) is 0 Å². The lowest BCUT2D eigenvalue weighted by atomic mass is 10.0. The van der Waals surface area contributed by atoms with Gasteiger partial charge in [-0.3, -0.25) is 10.1 Å². The molecule has 0 aliphatic rings. The summed E-state index contributed by atoms with van der Waals surface area (Å²) in [5.41, 5.74) is -1.37. The zero-order chi connectivity index (χ0) is 14.7. The van der Waals surface area contributed by atoms with E-state index in [0.717, 1.165) is 6.07 Å². The van der Waals surface area contributed by atoms with Crippen LogP contribution in [0.4, 0.5) is 5.69 Å². The Morgan fingerprint density at radius 1 is 1.37 bits per heavy atom. The minimum atomic E-state index is -4.02. The molecule has 0 atom stereocenters. The van der Waals surface area contributed by atoms with Crippen molar-refractivity contribution in [2.24, 2.45) is 0 Å². The van der Waals surface area contributed by atoms with Crippen molar-refractivity contribution in [3.05, 3.63) is 34.4 Å². The predicted molar refractivity (Wildman–Crippen MR) is 69.2 cm³/mol. The van der Waals surface area contributed by atoms with Crippen molar-refractivity contribution < 1.29 is 18.4 Å². The zero-order valence-electron chi connectivity index (χ0n) is 10.7. The molecule has 0 aliphatic heterocycles. The van der Waals surface area contributed by atoms with E-state index in [0.29, 0.717) is 0 Å². The fourth-order valence-corrected chi connectivity index (χ4v) is 3.20. The summed E-state index contributed by atoms with van der Waals surface area (Å²) in [6.07, 6.45) is 0.201. The molecular formula is C11H16N2O5S. The molecule has 0 spiro atoms. The number of nitro benzene ring substituents is 1. The maximum absolute atomic E-state index is 12.2. The zero-order valence-corrected chi connectivity index (χ0v) is 11.5. The number of hydrogen-bond donors (Lipinski definition) is 2. The molecule has 2 N–H and O–H groups in total. The number of sulfonamides is 1. The lowest BCUT2D eigenvalue weighted by Crippen LogP contribution is -2.44. The number of benzene rings is 1. The molecular weight excluding hydrogens is 272 g/mol.